The zero-order valence-electron chi connectivity index (χ0n) is 9.92. The van der Waals surface area contributed by atoms with Crippen LogP contribution in [0.2, 0.25) is 0 Å². The van der Waals surface area contributed by atoms with Crippen molar-refractivity contribution in [3.63, 3.8) is 0 Å². The van der Waals surface area contributed by atoms with Crippen LogP contribution in [0.1, 0.15) is 46.5 Å². The molecule has 0 radical (unpaired) electrons. The van der Waals surface area contributed by atoms with Crippen LogP contribution < -0.4 is 0 Å². The Morgan fingerprint density at radius 1 is 1.21 bits per heavy atom. The van der Waals surface area contributed by atoms with Gasteiger partial charge < -0.3 is 5.11 Å². The Morgan fingerprint density at radius 2 is 1.86 bits per heavy atom. The van der Waals surface area contributed by atoms with Gasteiger partial charge >= 0.3 is 0 Å². The van der Waals surface area contributed by atoms with Crippen LogP contribution in [-0.4, -0.2) is 35.7 Å². The number of aliphatic hydroxyl groups excluding tert-OH is 1. The van der Waals surface area contributed by atoms with Crippen molar-refractivity contribution in [3.05, 3.63) is 0 Å². The van der Waals surface area contributed by atoms with Gasteiger partial charge in [0.1, 0.15) is 0 Å². The minimum atomic E-state index is 0.341. The fraction of sp³-hybridized carbons (Fsp3) is 1.00. The van der Waals surface area contributed by atoms with Crippen molar-refractivity contribution >= 4 is 0 Å². The first-order chi connectivity index (χ1) is 6.53. The van der Waals surface area contributed by atoms with Crippen LogP contribution in [0.25, 0.3) is 0 Å². The molecule has 0 atom stereocenters. The van der Waals surface area contributed by atoms with E-state index in [1.807, 2.05) is 0 Å². The normalized spacial score (nSPS) is 17.8. The molecule has 14 heavy (non-hydrogen) atoms. The smallest absolute Gasteiger partial charge is 0.0431 e. The molecule has 1 aliphatic rings. The summed E-state index contributed by atoms with van der Waals surface area (Å²) in [6.07, 6.45) is 4.86. The summed E-state index contributed by atoms with van der Waals surface area (Å²) in [5.74, 6) is 0. The Kier molecular flexibility index (Phi) is 4.39. The molecule has 2 nitrogen and oxygen atoms in total. The number of aliphatic hydroxyl groups is 1. The molecule has 1 saturated carbocycles. The summed E-state index contributed by atoms with van der Waals surface area (Å²) < 4.78 is 0. The van der Waals surface area contributed by atoms with Gasteiger partial charge in [-0.15, -0.1) is 0 Å². The highest BCUT2D eigenvalue weighted by molar-refractivity contribution is 4.86. The molecule has 0 aromatic rings. The monoisotopic (exact) mass is 199 g/mol. The second-order valence-corrected chi connectivity index (χ2v) is 5.69. The third-order valence-corrected chi connectivity index (χ3v) is 2.59. The topological polar surface area (TPSA) is 23.5 Å². The summed E-state index contributed by atoms with van der Waals surface area (Å²) in [4.78, 5) is 2.61. The lowest BCUT2D eigenvalue weighted by Crippen LogP contribution is -2.35. The van der Waals surface area contributed by atoms with E-state index < -0.39 is 0 Å². The predicted molar refractivity (Wildman–Crippen MR) is 60.4 cm³/mol. The highest BCUT2D eigenvalue weighted by Gasteiger charge is 2.30. The molecule has 0 unspecified atom stereocenters. The molecule has 0 aromatic heterocycles. The van der Waals surface area contributed by atoms with Crippen LogP contribution in [0.15, 0.2) is 0 Å². The van der Waals surface area contributed by atoms with Gasteiger partial charge in [0.25, 0.3) is 0 Å². The highest BCUT2D eigenvalue weighted by atomic mass is 16.2. The molecule has 0 bridgehead atoms. The summed E-state index contributed by atoms with van der Waals surface area (Å²) >= 11 is 0. The Balaban J connectivity index is 2.24. The minimum Gasteiger partial charge on any atom is -0.396 e. The number of nitrogens with zero attached hydrogens (tertiary/aromatic N) is 1. The number of hydrogen-bond donors (Lipinski definition) is 1. The van der Waals surface area contributed by atoms with Gasteiger partial charge in [0.05, 0.1) is 0 Å². The average Bonchev–Trinajstić information content (AvgIpc) is 2.83. The van der Waals surface area contributed by atoms with Crippen molar-refractivity contribution < 1.29 is 5.11 Å². The van der Waals surface area contributed by atoms with Crippen LogP contribution in [0.3, 0.4) is 0 Å². The molecule has 0 heterocycles. The lowest BCUT2D eigenvalue weighted by molar-refractivity contribution is 0.174. The molecular weight excluding hydrogens is 174 g/mol. The minimum absolute atomic E-state index is 0.341. The van der Waals surface area contributed by atoms with E-state index in [1.54, 1.807) is 0 Å². The van der Waals surface area contributed by atoms with Gasteiger partial charge in [-0.25, -0.2) is 0 Å². The summed E-state index contributed by atoms with van der Waals surface area (Å²) in [6, 6.07) is 0.855. The van der Waals surface area contributed by atoms with Crippen LogP contribution in [0.5, 0.6) is 0 Å². The van der Waals surface area contributed by atoms with E-state index in [1.165, 1.54) is 25.9 Å². The average molecular weight is 199 g/mol. The predicted octanol–water partition coefficient (Wildman–Crippen LogP) is 2.27. The first-order valence-electron chi connectivity index (χ1n) is 5.88. The first-order valence-corrected chi connectivity index (χ1v) is 5.88. The van der Waals surface area contributed by atoms with E-state index in [-0.39, 0.29) is 0 Å². The first kappa shape index (κ1) is 12.0. The fourth-order valence-corrected chi connectivity index (χ4v) is 1.87. The van der Waals surface area contributed by atoms with Crippen LogP contribution in [0, 0.1) is 5.41 Å². The zero-order valence-corrected chi connectivity index (χ0v) is 9.92. The van der Waals surface area contributed by atoms with Gasteiger partial charge in [-0.05, 0) is 37.6 Å². The van der Waals surface area contributed by atoms with Crippen LogP contribution in [-0.2, 0) is 0 Å². The largest absolute Gasteiger partial charge is 0.396 e. The second kappa shape index (κ2) is 5.13. The number of rotatable bonds is 6. The lowest BCUT2D eigenvalue weighted by Gasteiger charge is -2.29. The third-order valence-electron chi connectivity index (χ3n) is 2.59. The van der Waals surface area contributed by atoms with Gasteiger partial charge in [0.2, 0.25) is 0 Å². The summed E-state index contributed by atoms with van der Waals surface area (Å²) in [5.41, 5.74) is 0.405. The Labute approximate surface area is 88.3 Å². The third kappa shape index (κ3) is 4.97. The standard InChI is InChI=1S/C12H25NO/c1-12(2,3)10-13(11-6-7-11)8-4-5-9-14/h11,14H,4-10H2,1-3H3. The molecular formula is C12H25NO. The zero-order chi connectivity index (χ0) is 10.6. The van der Waals surface area contributed by atoms with E-state index in [9.17, 15) is 0 Å². The van der Waals surface area contributed by atoms with Crippen LogP contribution in [0.4, 0.5) is 0 Å². The van der Waals surface area contributed by atoms with Crippen molar-refractivity contribution in [2.75, 3.05) is 19.7 Å². The maximum Gasteiger partial charge on any atom is 0.0431 e. The molecule has 1 fully saturated rings. The molecule has 1 N–H and O–H groups in total. The second-order valence-electron chi connectivity index (χ2n) is 5.69. The van der Waals surface area contributed by atoms with Crippen molar-refractivity contribution in [2.24, 2.45) is 5.41 Å². The highest BCUT2D eigenvalue weighted by Crippen LogP contribution is 2.30. The fourth-order valence-electron chi connectivity index (χ4n) is 1.87. The van der Waals surface area contributed by atoms with Gasteiger partial charge in [0, 0.05) is 19.2 Å². The molecule has 84 valence electrons. The Hall–Kier alpha value is -0.0800. The number of hydrogen-bond acceptors (Lipinski definition) is 2. The van der Waals surface area contributed by atoms with Gasteiger partial charge in [-0.2, -0.15) is 0 Å². The van der Waals surface area contributed by atoms with E-state index in [4.69, 9.17) is 5.11 Å². The van der Waals surface area contributed by atoms with E-state index in [0.717, 1.165) is 18.9 Å². The summed E-state index contributed by atoms with van der Waals surface area (Å²) in [7, 11) is 0. The van der Waals surface area contributed by atoms with E-state index in [0.29, 0.717) is 12.0 Å². The molecule has 1 rings (SSSR count). The van der Waals surface area contributed by atoms with Crippen molar-refractivity contribution in [1.29, 1.82) is 0 Å². The molecule has 0 aliphatic heterocycles. The molecule has 0 amide bonds. The maximum absolute atomic E-state index is 8.75. The number of unbranched alkanes of at least 4 members (excludes halogenated alkanes) is 1. The van der Waals surface area contributed by atoms with Crippen molar-refractivity contribution in [2.45, 2.75) is 52.5 Å². The van der Waals surface area contributed by atoms with Gasteiger partial charge in [-0.1, -0.05) is 20.8 Å². The van der Waals surface area contributed by atoms with Crippen molar-refractivity contribution in [3.8, 4) is 0 Å². The van der Waals surface area contributed by atoms with Crippen LogP contribution >= 0.6 is 0 Å². The lowest BCUT2D eigenvalue weighted by atomic mass is 9.96. The maximum atomic E-state index is 8.75. The van der Waals surface area contributed by atoms with Crippen molar-refractivity contribution in [1.82, 2.24) is 4.90 Å². The molecule has 0 saturated heterocycles. The Bertz CT molecular complexity index is 158. The Morgan fingerprint density at radius 3 is 2.29 bits per heavy atom. The molecule has 1 aliphatic carbocycles. The SMILES string of the molecule is CC(C)(C)CN(CCCCO)C1CC1. The molecule has 0 spiro atoms. The quantitative estimate of drug-likeness (QED) is 0.663. The van der Waals surface area contributed by atoms with E-state index >= 15 is 0 Å². The van der Waals surface area contributed by atoms with E-state index in [2.05, 4.69) is 25.7 Å². The summed E-state index contributed by atoms with van der Waals surface area (Å²) in [6.45, 7) is 9.61. The van der Waals surface area contributed by atoms with Gasteiger partial charge in [-0.3, -0.25) is 4.90 Å². The van der Waals surface area contributed by atoms with Gasteiger partial charge in [0.15, 0.2) is 0 Å². The molecule has 2 heteroatoms. The summed E-state index contributed by atoms with van der Waals surface area (Å²) in [5, 5.41) is 8.75. The molecule has 0 aromatic carbocycles.